The fourth-order valence-electron chi connectivity index (χ4n) is 8.44. The van der Waals surface area contributed by atoms with Crippen LogP contribution >= 0.6 is 11.6 Å². The Kier molecular flexibility index (Phi) is 10.9. The van der Waals surface area contributed by atoms with Gasteiger partial charge in [-0.05, 0) is 105 Å². The summed E-state index contributed by atoms with van der Waals surface area (Å²) in [6, 6.07) is 11.2. The first-order chi connectivity index (χ1) is 25.0. The van der Waals surface area contributed by atoms with Crippen molar-refractivity contribution < 1.29 is 22.7 Å². The van der Waals surface area contributed by atoms with Crippen molar-refractivity contribution in [2.75, 3.05) is 38.2 Å². The maximum Gasteiger partial charge on any atom is 0.264 e. The first kappa shape index (κ1) is 36.8. The molecule has 4 heterocycles. The highest BCUT2D eigenvalue weighted by Crippen LogP contribution is 2.47. The van der Waals surface area contributed by atoms with E-state index in [9.17, 15) is 13.2 Å². The maximum atomic E-state index is 13.6. The van der Waals surface area contributed by atoms with Crippen LogP contribution in [0.25, 0.3) is 0 Å². The van der Waals surface area contributed by atoms with Gasteiger partial charge in [0.25, 0.3) is 5.91 Å². The number of allylic oxidation sites excluding steroid dienone is 1. The van der Waals surface area contributed by atoms with Crippen LogP contribution in [0.4, 0.5) is 5.69 Å². The summed E-state index contributed by atoms with van der Waals surface area (Å²) in [6.45, 7) is 7.80. The van der Waals surface area contributed by atoms with E-state index in [2.05, 4.69) is 36.6 Å². The number of benzene rings is 2. The number of sulfonamides is 1. The van der Waals surface area contributed by atoms with Crippen LogP contribution in [0.3, 0.4) is 0 Å². The Balaban J connectivity index is 1.26. The number of nitrogens with one attached hydrogen (secondary N) is 1. The SMILES string of the molecule is CO[C@@]1(CN2CCc3ncncc3C2)/C=C/C[C@H](C)[C@@H](C)S(=O)(=O)NC(=O)c2ccc3c(c2)N(CCCCc2cc(Cl)ccc2CO3)C[C@@H]2CC[C@H]21. The second-order valence-electron chi connectivity index (χ2n) is 15.1. The number of anilines is 1. The van der Waals surface area contributed by atoms with Crippen molar-refractivity contribution in [2.45, 2.75) is 82.8 Å². The van der Waals surface area contributed by atoms with E-state index in [0.717, 1.165) is 87.2 Å². The summed E-state index contributed by atoms with van der Waals surface area (Å²) >= 11 is 6.40. The molecule has 0 unspecified atom stereocenters. The maximum absolute atomic E-state index is 13.6. The first-order valence-electron chi connectivity index (χ1n) is 18.6. The lowest BCUT2D eigenvalue weighted by molar-refractivity contribution is -0.0931. The predicted molar refractivity (Wildman–Crippen MR) is 203 cm³/mol. The average molecular weight is 748 g/mol. The third-order valence-electron chi connectivity index (χ3n) is 12.0. The van der Waals surface area contributed by atoms with Crippen LogP contribution < -0.4 is 14.4 Å². The van der Waals surface area contributed by atoms with Gasteiger partial charge in [-0.1, -0.05) is 36.7 Å². The highest BCUT2D eigenvalue weighted by atomic mass is 35.5. The molecular formula is C40H50ClN5O5S. The van der Waals surface area contributed by atoms with Crippen LogP contribution in [0.5, 0.6) is 5.75 Å². The Morgan fingerprint density at radius 1 is 1.06 bits per heavy atom. The Bertz CT molecular complexity index is 1920. The first-order valence-corrected chi connectivity index (χ1v) is 20.6. The molecule has 1 fully saturated rings. The summed E-state index contributed by atoms with van der Waals surface area (Å²) in [5, 5.41) is -0.0857. The zero-order valence-electron chi connectivity index (χ0n) is 30.4. The second-order valence-corrected chi connectivity index (χ2v) is 17.6. The minimum Gasteiger partial charge on any atom is -0.487 e. The van der Waals surface area contributed by atoms with Gasteiger partial charge in [0, 0.05) is 74.3 Å². The molecule has 1 aromatic heterocycles. The lowest BCUT2D eigenvalue weighted by atomic mass is 9.63. The molecule has 4 aliphatic rings. The summed E-state index contributed by atoms with van der Waals surface area (Å²) < 4.78 is 42.7. The van der Waals surface area contributed by atoms with Crippen LogP contribution in [0.1, 0.15) is 78.7 Å². The van der Waals surface area contributed by atoms with E-state index < -0.39 is 26.8 Å². The lowest BCUT2D eigenvalue weighted by Crippen LogP contribution is -2.56. The van der Waals surface area contributed by atoms with Gasteiger partial charge in [0.1, 0.15) is 24.3 Å². The van der Waals surface area contributed by atoms with Crippen molar-refractivity contribution in [3.63, 3.8) is 0 Å². The van der Waals surface area contributed by atoms with Gasteiger partial charge < -0.3 is 14.4 Å². The van der Waals surface area contributed by atoms with Gasteiger partial charge in [0.05, 0.1) is 10.9 Å². The predicted octanol–water partition coefficient (Wildman–Crippen LogP) is 6.37. The van der Waals surface area contributed by atoms with E-state index in [1.54, 1.807) is 19.3 Å². The molecule has 0 spiro atoms. The van der Waals surface area contributed by atoms with E-state index in [-0.39, 0.29) is 17.4 Å². The number of carbonyl (C=O) groups excluding carboxylic acids is 1. The highest BCUT2D eigenvalue weighted by molar-refractivity contribution is 7.90. The molecule has 2 bridgehead atoms. The number of hydrogen-bond donors (Lipinski definition) is 1. The number of aromatic nitrogens is 2. The van der Waals surface area contributed by atoms with Gasteiger partial charge in [-0.2, -0.15) is 0 Å². The quantitative estimate of drug-likeness (QED) is 0.306. The van der Waals surface area contributed by atoms with Gasteiger partial charge >= 0.3 is 0 Å². The highest BCUT2D eigenvalue weighted by Gasteiger charge is 2.48. The number of fused-ring (bicyclic) bond motifs is 4. The van der Waals surface area contributed by atoms with Gasteiger partial charge in [0.15, 0.2) is 0 Å². The van der Waals surface area contributed by atoms with E-state index >= 15 is 0 Å². The van der Waals surface area contributed by atoms with Gasteiger partial charge in [-0.25, -0.2) is 23.1 Å². The molecule has 2 aromatic carbocycles. The van der Waals surface area contributed by atoms with Gasteiger partial charge in [-0.15, -0.1) is 0 Å². The number of halogens is 1. The van der Waals surface area contributed by atoms with Gasteiger partial charge in [0.2, 0.25) is 10.0 Å². The molecule has 0 saturated heterocycles. The Morgan fingerprint density at radius 3 is 2.73 bits per heavy atom. The molecule has 1 aliphatic carbocycles. The molecule has 1 saturated carbocycles. The second kappa shape index (κ2) is 15.5. The largest absolute Gasteiger partial charge is 0.487 e. The van der Waals surface area contributed by atoms with Crippen molar-refractivity contribution in [2.24, 2.45) is 17.8 Å². The van der Waals surface area contributed by atoms with Crippen LogP contribution in [-0.2, 0) is 40.8 Å². The van der Waals surface area contributed by atoms with Crippen molar-refractivity contribution >= 4 is 33.2 Å². The van der Waals surface area contributed by atoms with Crippen LogP contribution in [0.2, 0.25) is 5.02 Å². The number of aryl methyl sites for hydroxylation is 1. The lowest BCUT2D eigenvalue weighted by Gasteiger charge is -2.51. The molecular weight excluding hydrogens is 698 g/mol. The molecule has 0 radical (unpaired) electrons. The minimum absolute atomic E-state index is 0.229. The van der Waals surface area contributed by atoms with Crippen molar-refractivity contribution in [3.05, 3.63) is 94.0 Å². The fraction of sp³-hybridized carbons (Fsp3) is 0.525. The number of ether oxygens (including phenoxy) is 2. The zero-order chi connectivity index (χ0) is 36.5. The number of nitrogens with zero attached hydrogens (tertiary/aromatic N) is 4. The Labute approximate surface area is 313 Å². The third kappa shape index (κ3) is 7.74. The number of amides is 1. The normalized spacial score (nSPS) is 28.8. The van der Waals surface area contributed by atoms with Crippen molar-refractivity contribution in [1.29, 1.82) is 0 Å². The molecule has 278 valence electrons. The fourth-order valence-corrected chi connectivity index (χ4v) is 9.92. The summed E-state index contributed by atoms with van der Waals surface area (Å²) in [6.07, 6.45) is 14.1. The topological polar surface area (TPSA) is 114 Å². The molecule has 7 rings (SSSR count). The smallest absolute Gasteiger partial charge is 0.264 e. The zero-order valence-corrected chi connectivity index (χ0v) is 32.0. The minimum atomic E-state index is -3.97. The summed E-state index contributed by atoms with van der Waals surface area (Å²) in [4.78, 5) is 27.2. The standard InChI is InChI=1S/C40H50ClN5O5S/c1-27-7-6-16-40(50-3,25-45-18-15-36-33(22-45)21-42-26-43-36)35-13-10-31(35)23-46-17-5-4-8-29-19-34(41)12-9-32(29)24-51-38-14-11-30(20-37(38)46)39(47)44-52(48,49)28(27)2/h6,9,11-12,14,16,19-21,26-28,31,35H,4-5,7-8,10,13,15,17-18,22-25H2,1-3H3,(H,44,47)/b16-6+/t27-,28+,31-,35+,40+/m0/s1. The van der Waals surface area contributed by atoms with Crippen LogP contribution in [0, 0.1) is 17.8 Å². The van der Waals surface area contributed by atoms with E-state index in [1.807, 2.05) is 50.6 Å². The summed E-state index contributed by atoms with van der Waals surface area (Å²) in [5.41, 5.74) is 5.02. The van der Waals surface area contributed by atoms with E-state index in [1.165, 1.54) is 5.56 Å². The molecule has 1 amide bonds. The number of hydrogen-bond acceptors (Lipinski definition) is 9. The molecule has 5 atom stereocenters. The third-order valence-corrected chi connectivity index (χ3v) is 14.1. The average Bonchev–Trinajstić information content (AvgIpc) is 3.15. The summed E-state index contributed by atoms with van der Waals surface area (Å²) in [7, 11) is -2.15. The summed E-state index contributed by atoms with van der Waals surface area (Å²) in [5.74, 6) is 0.336. The molecule has 1 N–H and O–H groups in total. The molecule has 10 nitrogen and oxygen atoms in total. The van der Waals surface area contributed by atoms with E-state index in [0.29, 0.717) is 36.3 Å². The number of carbonyl (C=O) groups is 1. The Morgan fingerprint density at radius 2 is 1.92 bits per heavy atom. The van der Waals surface area contributed by atoms with Crippen molar-refractivity contribution in [1.82, 2.24) is 19.6 Å². The molecule has 3 aliphatic heterocycles. The van der Waals surface area contributed by atoms with Gasteiger partial charge in [-0.3, -0.25) is 9.69 Å². The van der Waals surface area contributed by atoms with Crippen molar-refractivity contribution in [3.8, 4) is 5.75 Å². The Hall–Kier alpha value is -3.51. The van der Waals surface area contributed by atoms with E-state index in [4.69, 9.17) is 21.1 Å². The monoisotopic (exact) mass is 747 g/mol. The van der Waals surface area contributed by atoms with Crippen LogP contribution in [0.15, 0.2) is 61.1 Å². The molecule has 12 heteroatoms. The number of methoxy groups -OCH3 is 1. The van der Waals surface area contributed by atoms with Crippen LogP contribution in [-0.4, -0.2) is 73.3 Å². The molecule has 52 heavy (non-hydrogen) atoms. The molecule has 3 aromatic rings. The number of rotatable bonds is 3.